The van der Waals surface area contributed by atoms with Crippen molar-refractivity contribution in [1.29, 1.82) is 0 Å². The highest BCUT2D eigenvalue weighted by molar-refractivity contribution is 7.47. The van der Waals surface area contributed by atoms with E-state index in [1.807, 2.05) is 24.3 Å². The SMILES string of the molecule is O=C(Nc1cc2c(c3ccccc13)C(CCl)CN2C(=O)c1cc2cc(-c3ccc(-c4ccc5oc(C(=O)N6CC(CCl)c7c6cc(NC(=O)OCc6ccc([N+](=O)[O-])c(OP(=O)(O)O)c6)c6ccccc76)cc5c4)o3)ccc2o1)OCc1ccc([N+](=O)[O-])c(OP(=O)(O)O)c1. The summed E-state index contributed by atoms with van der Waals surface area (Å²) in [7, 11) is -10.4. The van der Waals surface area contributed by atoms with Crippen molar-refractivity contribution in [3.63, 3.8) is 0 Å². The van der Waals surface area contributed by atoms with Gasteiger partial charge in [0, 0.05) is 81.5 Å². The first-order valence-corrected chi connectivity index (χ1v) is 32.6. The molecule has 6 N–H and O–H groups in total. The maximum absolute atomic E-state index is 14.6. The van der Waals surface area contributed by atoms with Crippen molar-refractivity contribution in [3.05, 3.63) is 212 Å². The molecule has 4 amide bonds. The average Bonchev–Trinajstić information content (AvgIpc) is 1.62. The molecule has 8 aromatic carbocycles. The number of benzene rings is 8. The first-order valence-electron chi connectivity index (χ1n) is 28.4. The number of fused-ring (bicyclic) bond motifs is 8. The van der Waals surface area contributed by atoms with Crippen LogP contribution < -0.4 is 29.5 Å². The molecule has 0 aliphatic carbocycles. The summed E-state index contributed by atoms with van der Waals surface area (Å²) in [6, 6.07) is 41.4. The number of anilines is 4. The molecule has 3 aromatic heterocycles. The molecule has 11 aromatic rings. The fourth-order valence-corrected chi connectivity index (χ4v) is 13.2. The summed E-state index contributed by atoms with van der Waals surface area (Å²) in [5, 5.41) is 32.2. The van der Waals surface area contributed by atoms with Crippen LogP contribution in [0.3, 0.4) is 0 Å². The summed E-state index contributed by atoms with van der Waals surface area (Å²) in [4.78, 5) is 117. The zero-order valence-electron chi connectivity index (χ0n) is 48.6. The Hall–Kier alpha value is -10.6. The first kappa shape index (κ1) is 63.2. The van der Waals surface area contributed by atoms with Crippen molar-refractivity contribution in [2.24, 2.45) is 0 Å². The lowest BCUT2D eigenvalue weighted by molar-refractivity contribution is -0.385. The Morgan fingerprint density at radius 1 is 0.526 bits per heavy atom. The number of ether oxygens (including phenoxy) is 2. The van der Waals surface area contributed by atoms with Gasteiger partial charge in [-0.2, -0.15) is 0 Å². The van der Waals surface area contributed by atoms with Gasteiger partial charge in [0.25, 0.3) is 11.8 Å². The van der Waals surface area contributed by atoms with E-state index in [-0.39, 0.29) is 70.7 Å². The van der Waals surface area contributed by atoms with Crippen LogP contribution in [0, 0.1) is 20.2 Å². The lowest BCUT2D eigenvalue weighted by atomic mass is 9.95. The predicted octanol–water partition coefficient (Wildman–Crippen LogP) is 14.6. The number of phosphoric acid groups is 2. The fraction of sp³-hybridized carbons (Fsp3) is 0.125. The van der Waals surface area contributed by atoms with Crippen molar-refractivity contribution >= 4 is 140 Å². The van der Waals surface area contributed by atoms with E-state index in [1.54, 1.807) is 97.1 Å². The van der Waals surface area contributed by atoms with E-state index in [1.165, 1.54) is 21.9 Å². The topological polar surface area (TPSA) is 376 Å². The van der Waals surface area contributed by atoms with E-state index in [0.717, 1.165) is 35.4 Å². The molecular weight excluding hydrogens is 1320 g/mol. The smallest absolute Gasteiger partial charge is 0.456 e. The Labute approximate surface area is 543 Å². The Balaban J connectivity index is 0.707. The lowest BCUT2D eigenvalue weighted by Gasteiger charge is -2.18. The number of carbonyl (C=O) groups is 4. The maximum atomic E-state index is 14.6. The molecule has 5 heterocycles. The molecule has 2 aliphatic rings. The minimum Gasteiger partial charge on any atom is -0.456 e. The molecule has 31 heteroatoms. The van der Waals surface area contributed by atoms with E-state index in [2.05, 4.69) is 19.7 Å². The standard InChI is InChI=1S/C64H46Cl2N6O21P2/c65-27-39-29-69(49-25-45(41-5-1-3-7-43(41)59(39)49)67-63(75)87-31-33-9-13-47(71(77)78)55(19-33)92-94(81,82)83)61(73)57-23-37-21-35(11-15-53(37)90-57)51-17-18-52(89-51)36-12-16-54-38(22-36)24-58(91-54)62(74)70-30-40(28-66)60-44-8-4-2-6-42(44)46(26-50(60)70)68-64(76)88-32-34-10-14-48(72(79)80)56(20-34)93-95(84,85)86/h1-26,39-40H,27-32H2,(H,67,75)(H,68,76)(H2,81,82,83)(H2,84,85,86). The number of halogens is 2. The number of amides is 4. The molecule has 2 unspecified atom stereocenters. The van der Waals surface area contributed by atoms with E-state index in [4.69, 9.17) is 45.9 Å². The van der Waals surface area contributed by atoms with Crippen LogP contribution in [0.5, 0.6) is 11.5 Å². The number of furan rings is 3. The van der Waals surface area contributed by atoms with Gasteiger partial charge in [0.15, 0.2) is 11.5 Å². The third kappa shape index (κ3) is 12.7. The van der Waals surface area contributed by atoms with Crippen molar-refractivity contribution in [3.8, 4) is 34.1 Å². The van der Waals surface area contributed by atoms with E-state index in [0.29, 0.717) is 77.5 Å². The Bertz CT molecular complexity index is 4830. The van der Waals surface area contributed by atoms with Gasteiger partial charge < -0.3 is 41.6 Å². The number of nitro groups is 2. The van der Waals surface area contributed by atoms with E-state index in [9.17, 15) is 68.1 Å². The van der Waals surface area contributed by atoms with E-state index < -0.39 is 85.6 Å². The predicted molar refractivity (Wildman–Crippen MR) is 346 cm³/mol. The minimum atomic E-state index is -5.19. The van der Waals surface area contributed by atoms with Crippen LogP contribution in [0.1, 0.15) is 55.2 Å². The average molecular weight is 1370 g/mol. The highest BCUT2D eigenvalue weighted by Gasteiger charge is 2.39. The lowest BCUT2D eigenvalue weighted by Crippen LogP contribution is -2.29. The quantitative estimate of drug-likeness (QED) is 0.0201. The second kappa shape index (κ2) is 25.0. The van der Waals surface area contributed by atoms with Gasteiger partial charge in [-0.1, -0.05) is 48.5 Å². The summed E-state index contributed by atoms with van der Waals surface area (Å²) < 4.78 is 61.7. The second-order valence-electron chi connectivity index (χ2n) is 21.9. The zero-order valence-corrected chi connectivity index (χ0v) is 51.9. The van der Waals surface area contributed by atoms with Crippen LogP contribution in [0.15, 0.2) is 171 Å². The van der Waals surface area contributed by atoms with Gasteiger partial charge in [0.05, 0.1) is 32.6 Å². The molecule has 2 atom stereocenters. The number of carbonyl (C=O) groups excluding carboxylic acids is 4. The second-order valence-corrected chi connectivity index (χ2v) is 24.9. The highest BCUT2D eigenvalue weighted by atomic mass is 35.5. The minimum absolute atomic E-state index is 0.0109. The van der Waals surface area contributed by atoms with Crippen molar-refractivity contribution in [1.82, 2.24) is 0 Å². The largest absolute Gasteiger partial charge is 0.525 e. The number of nitro benzene ring substituents is 2. The Kier molecular flexibility index (Phi) is 16.6. The van der Waals surface area contributed by atoms with Gasteiger partial charge in [-0.15, -0.1) is 23.2 Å². The highest BCUT2D eigenvalue weighted by Crippen LogP contribution is 2.49. The molecule has 2 aliphatic heterocycles. The summed E-state index contributed by atoms with van der Waals surface area (Å²) in [5.74, 6) is -1.80. The van der Waals surface area contributed by atoms with Crippen LogP contribution >= 0.6 is 38.8 Å². The Morgan fingerprint density at radius 2 is 0.926 bits per heavy atom. The monoisotopic (exact) mass is 1370 g/mol. The van der Waals surface area contributed by atoms with Crippen molar-refractivity contribution in [2.75, 3.05) is 45.3 Å². The molecule has 27 nitrogen and oxygen atoms in total. The number of alkyl halides is 2. The van der Waals surface area contributed by atoms with E-state index >= 15 is 0 Å². The third-order valence-electron chi connectivity index (χ3n) is 15.9. The van der Waals surface area contributed by atoms with Gasteiger partial charge in [-0.3, -0.25) is 60.0 Å². The molecule has 0 saturated carbocycles. The van der Waals surface area contributed by atoms with Crippen LogP contribution in [0.4, 0.5) is 43.7 Å². The van der Waals surface area contributed by atoms with Gasteiger partial charge in [-0.05, 0) is 130 Å². The molecule has 0 saturated heterocycles. The van der Waals surface area contributed by atoms with Crippen LogP contribution in [-0.4, -0.2) is 78.3 Å². The number of phosphoric ester groups is 2. The molecule has 95 heavy (non-hydrogen) atoms. The molecule has 13 rings (SSSR count). The summed E-state index contributed by atoms with van der Waals surface area (Å²) in [6.45, 7) is -0.618. The number of hydrogen-bond donors (Lipinski definition) is 6. The van der Waals surface area contributed by atoms with Gasteiger partial charge in [0.2, 0.25) is 11.5 Å². The first-order chi connectivity index (χ1) is 45.5. The van der Waals surface area contributed by atoms with Gasteiger partial charge in [-0.25, -0.2) is 18.7 Å². The third-order valence-corrected chi connectivity index (χ3v) is 17.5. The molecule has 482 valence electrons. The number of nitrogens with one attached hydrogen (secondary N) is 2. The molecule has 0 bridgehead atoms. The Morgan fingerprint density at radius 3 is 1.31 bits per heavy atom. The van der Waals surface area contributed by atoms with Gasteiger partial charge >= 0.3 is 39.2 Å². The van der Waals surface area contributed by atoms with Crippen LogP contribution in [0.25, 0.3) is 66.1 Å². The summed E-state index contributed by atoms with van der Waals surface area (Å²) >= 11 is 13.1. The zero-order chi connectivity index (χ0) is 66.8. The maximum Gasteiger partial charge on any atom is 0.525 e. The molecular formula is C64H46Cl2N6O21P2. The van der Waals surface area contributed by atoms with Crippen molar-refractivity contribution in [2.45, 2.75) is 25.0 Å². The molecule has 0 spiro atoms. The fourth-order valence-electron chi connectivity index (χ4n) is 11.8. The number of rotatable bonds is 18. The summed E-state index contributed by atoms with van der Waals surface area (Å²) in [5.41, 5.74) is 3.89. The van der Waals surface area contributed by atoms with Crippen LogP contribution in [-0.2, 0) is 31.8 Å². The summed E-state index contributed by atoms with van der Waals surface area (Å²) in [6.07, 6.45) is -1.92. The van der Waals surface area contributed by atoms with Crippen LogP contribution in [0.2, 0.25) is 0 Å². The normalized spacial score (nSPS) is 14.5. The number of nitrogens with zero attached hydrogens (tertiary/aromatic N) is 4. The molecule has 0 fully saturated rings. The van der Waals surface area contributed by atoms with Gasteiger partial charge in [0.1, 0.15) is 35.9 Å². The van der Waals surface area contributed by atoms with Crippen molar-refractivity contribution < 1.29 is 89.5 Å². The number of hydrogen-bond acceptors (Lipinski definition) is 17. The molecule has 0 radical (unpaired) electrons.